The summed E-state index contributed by atoms with van der Waals surface area (Å²) in [5, 5.41) is 8.27. The van der Waals surface area contributed by atoms with Crippen LogP contribution in [0.4, 0.5) is 17.6 Å². The second-order valence-corrected chi connectivity index (χ2v) is 15.4. The molecule has 0 radical (unpaired) electrons. The summed E-state index contributed by atoms with van der Waals surface area (Å²) in [6.07, 6.45) is 0. The molecule has 3 atom stereocenters. The number of hydrogen-bond acceptors (Lipinski definition) is 10. The number of hydrogen-bond donors (Lipinski definition) is 4. The molecule has 0 spiro atoms. The number of amides is 4. The zero-order valence-electron chi connectivity index (χ0n) is 29.8. The van der Waals surface area contributed by atoms with Crippen LogP contribution < -0.4 is 26.0 Å². The maximum atomic E-state index is 15.3. The zero-order chi connectivity index (χ0) is 40.4. The highest BCUT2D eigenvalue weighted by Crippen LogP contribution is 2.30. The Kier molecular flexibility index (Phi) is 15.4. The first-order chi connectivity index (χ1) is 25.2. The van der Waals surface area contributed by atoms with E-state index in [4.69, 9.17) is 21.1 Å². The Hall–Kier alpha value is -4.33. The van der Waals surface area contributed by atoms with Gasteiger partial charge in [0.1, 0.15) is 17.8 Å². The average molecular weight is 808 g/mol. The van der Waals surface area contributed by atoms with Crippen LogP contribution in [-0.2, 0) is 44.5 Å². The fourth-order valence-corrected chi connectivity index (χ4v) is 6.71. The summed E-state index contributed by atoms with van der Waals surface area (Å²) < 4.78 is 94.1. The molecule has 1 fully saturated rings. The predicted molar refractivity (Wildman–Crippen MR) is 188 cm³/mol. The number of alkyl halides is 4. The molecular weight excluding hydrogens is 766 g/mol. The number of sulfone groups is 1. The molecule has 1 aliphatic heterocycles. The lowest BCUT2D eigenvalue weighted by atomic mass is 9.94. The lowest BCUT2D eigenvalue weighted by Crippen LogP contribution is -2.59. The number of Topliss-reactive ketones (excluding diaryl/α,β-unsaturated/α-hetero) is 1. The van der Waals surface area contributed by atoms with E-state index in [0.717, 1.165) is 19.2 Å². The Morgan fingerprint density at radius 1 is 0.889 bits per heavy atom. The maximum Gasteiger partial charge on any atom is 0.383 e. The first-order valence-corrected chi connectivity index (χ1v) is 18.7. The van der Waals surface area contributed by atoms with Crippen molar-refractivity contribution in [2.24, 2.45) is 5.92 Å². The Labute approximate surface area is 314 Å². The molecule has 1 aliphatic rings. The molecule has 2 aromatic rings. The van der Waals surface area contributed by atoms with Gasteiger partial charge in [-0.1, -0.05) is 49.7 Å². The van der Waals surface area contributed by atoms with Gasteiger partial charge in [-0.25, -0.2) is 8.42 Å². The van der Waals surface area contributed by atoms with Crippen molar-refractivity contribution in [3.05, 3.63) is 64.7 Å². The minimum absolute atomic E-state index is 0.0263. The van der Waals surface area contributed by atoms with Crippen LogP contribution in [0, 0.1) is 5.92 Å². The molecule has 54 heavy (non-hydrogen) atoms. The van der Waals surface area contributed by atoms with Crippen LogP contribution in [0.15, 0.2) is 48.5 Å². The number of carbonyl (C=O) groups excluding carboxylic acids is 5. The van der Waals surface area contributed by atoms with E-state index in [-0.39, 0.29) is 48.3 Å². The van der Waals surface area contributed by atoms with Crippen molar-refractivity contribution in [2.45, 2.75) is 43.8 Å². The SMILES string of the molecule is COCC(NC(=O)C(F)(F)c1cccc(Cl)c1)C(=O)NC(C(=O)NC(C(=O)C(F)(F)C(=O)NCCN1CCS(=O)(=O)CC1)C(C)C)c1ccc(OC)cc1. The minimum atomic E-state index is -4.63. The molecule has 14 nitrogen and oxygen atoms in total. The second kappa shape index (κ2) is 18.8. The number of rotatable bonds is 18. The lowest BCUT2D eigenvalue weighted by molar-refractivity contribution is -0.161. The van der Waals surface area contributed by atoms with Crippen molar-refractivity contribution >= 4 is 50.9 Å². The van der Waals surface area contributed by atoms with Gasteiger partial charge in [-0.2, -0.15) is 17.6 Å². The van der Waals surface area contributed by atoms with Crippen LogP contribution in [0.25, 0.3) is 0 Å². The third kappa shape index (κ3) is 11.6. The van der Waals surface area contributed by atoms with E-state index in [0.29, 0.717) is 5.75 Å². The molecule has 3 unspecified atom stereocenters. The average Bonchev–Trinajstić information content (AvgIpc) is 3.12. The highest BCUT2D eigenvalue weighted by Gasteiger charge is 2.51. The lowest BCUT2D eigenvalue weighted by Gasteiger charge is -2.29. The molecule has 0 aromatic heterocycles. The van der Waals surface area contributed by atoms with Crippen LogP contribution in [0.1, 0.15) is 31.0 Å². The fourth-order valence-electron chi connectivity index (χ4n) is 5.24. The van der Waals surface area contributed by atoms with Crippen molar-refractivity contribution in [2.75, 3.05) is 58.5 Å². The fraction of sp³-hybridized carbons (Fsp3) is 0.500. The number of nitrogens with one attached hydrogen (secondary N) is 4. The van der Waals surface area contributed by atoms with Gasteiger partial charge in [-0.05, 0) is 35.7 Å². The van der Waals surface area contributed by atoms with E-state index in [1.807, 2.05) is 10.6 Å². The van der Waals surface area contributed by atoms with Gasteiger partial charge in [-0.15, -0.1) is 0 Å². The monoisotopic (exact) mass is 807 g/mol. The Balaban J connectivity index is 1.80. The number of halogens is 5. The first kappa shape index (κ1) is 44.1. The van der Waals surface area contributed by atoms with E-state index < -0.39 is 87.3 Å². The molecule has 0 saturated carbocycles. The van der Waals surface area contributed by atoms with Crippen molar-refractivity contribution < 1.29 is 59.4 Å². The second-order valence-electron chi connectivity index (χ2n) is 12.7. The summed E-state index contributed by atoms with van der Waals surface area (Å²) in [5.74, 6) is -17.9. The van der Waals surface area contributed by atoms with E-state index in [9.17, 15) is 32.4 Å². The molecule has 20 heteroatoms. The summed E-state index contributed by atoms with van der Waals surface area (Å²) in [6, 6.07) is 4.21. The van der Waals surface area contributed by atoms with Gasteiger partial charge in [0, 0.05) is 43.9 Å². The molecule has 1 saturated heterocycles. The van der Waals surface area contributed by atoms with Gasteiger partial charge in [0.05, 0.1) is 31.3 Å². The Morgan fingerprint density at radius 3 is 2.07 bits per heavy atom. The number of nitrogens with zero attached hydrogens (tertiary/aromatic N) is 1. The molecule has 298 valence electrons. The van der Waals surface area contributed by atoms with Crippen molar-refractivity contribution in [3.63, 3.8) is 0 Å². The smallest absolute Gasteiger partial charge is 0.383 e. The molecule has 4 N–H and O–H groups in total. The summed E-state index contributed by atoms with van der Waals surface area (Å²) in [5.41, 5.74) is -0.743. The number of benzene rings is 2. The van der Waals surface area contributed by atoms with Gasteiger partial charge in [-0.3, -0.25) is 28.9 Å². The van der Waals surface area contributed by atoms with Crippen LogP contribution in [0.3, 0.4) is 0 Å². The molecule has 4 amide bonds. The van der Waals surface area contributed by atoms with E-state index in [2.05, 4.69) is 10.6 Å². The standard InChI is InChI=1S/C34H42ClF4N5O9S/c1-20(2)26(28(45)34(38,39)31(48)40-12-13-44-14-16-54(50,51)17-15-44)42-30(47)27(21-8-10-24(53-4)11-9-21)43-29(46)25(19-52-3)41-32(49)33(36,37)22-6-5-7-23(35)18-22/h5-11,18,20,25-27H,12-17,19H2,1-4H3,(H,40,48)(H,41,49)(H,42,47)(H,43,46). The van der Waals surface area contributed by atoms with Gasteiger partial charge in [0.15, 0.2) is 9.84 Å². The van der Waals surface area contributed by atoms with Crippen molar-refractivity contribution in [1.29, 1.82) is 0 Å². The van der Waals surface area contributed by atoms with E-state index >= 15 is 17.6 Å². The largest absolute Gasteiger partial charge is 0.497 e. The zero-order valence-corrected chi connectivity index (χ0v) is 31.4. The van der Waals surface area contributed by atoms with Gasteiger partial charge in [0.25, 0.3) is 11.8 Å². The molecular formula is C34H42ClF4N5O9S. The van der Waals surface area contributed by atoms with E-state index in [1.165, 1.54) is 57.4 Å². The van der Waals surface area contributed by atoms with Crippen LogP contribution >= 0.6 is 11.6 Å². The van der Waals surface area contributed by atoms with Crippen molar-refractivity contribution in [3.8, 4) is 5.75 Å². The normalized spacial score (nSPS) is 16.4. The highest BCUT2D eigenvalue weighted by molar-refractivity contribution is 7.91. The van der Waals surface area contributed by atoms with Crippen LogP contribution in [-0.4, -0.2) is 119 Å². The summed E-state index contributed by atoms with van der Waals surface area (Å²) in [6.45, 7) is 2.02. The molecule has 2 aromatic carbocycles. The molecule has 1 heterocycles. The predicted octanol–water partition coefficient (Wildman–Crippen LogP) is 1.62. The molecule has 0 bridgehead atoms. The first-order valence-electron chi connectivity index (χ1n) is 16.5. The van der Waals surface area contributed by atoms with Gasteiger partial charge in [0.2, 0.25) is 17.6 Å². The summed E-state index contributed by atoms with van der Waals surface area (Å²) in [7, 11) is -0.721. The third-order valence-electron chi connectivity index (χ3n) is 8.42. The number of ether oxygens (including phenoxy) is 2. The van der Waals surface area contributed by atoms with Crippen molar-refractivity contribution in [1.82, 2.24) is 26.2 Å². The quantitative estimate of drug-likeness (QED) is 0.127. The molecule has 3 rings (SSSR count). The molecule has 0 aliphatic carbocycles. The third-order valence-corrected chi connectivity index (χ3v) is 10.3. The number of ketones is 1. The highest BCUT2D eigenvalue weighted by atomic mass is 35.5. The minimum Gasteiger partial charge on any atom is -0.497 e. The Morgan fingerprint density at radius 2 is 1.52 bits per heavy atom. The van der Waals surface area contributed by atoms with Gasteiger partial charge >= 0.3 is 11.8 Å². The topological polar surface area (TPSA) is 189 Å². The summed E-state index contributed by atoms with van der Waals surface area (Å²) in [4.78, 5) is 67.4. The van der Waals surface area contributed by atoms with Crippen LogP contribution in [0.2, 0.25) is 5.02 Å². The van der Waals surface area contributed by atoms with Gasteiger partial charge < -0.3 is 30.7 Å². The van der Waals surface area contributed by atoms with E-state index in [1.54, 1.807) is 4.90 Å². The number of carbonyl (C=O) groups is 5. The maximum absolute atomic E-state index is 15.3. The number of methoxy groups -OCH3 is 2. The Bertz CT molecular complexity index is 1770. The summed E-state index contributed by atoms with van der Waals surface area (Å²) >= 11 is 5.80. The van der Waals surface area contributed by atoms with Crippen LogP contribution in [0.5, 0.6) is 5.75 Å².